The molecule has 1 heterocycles. The number of anilines is 1. The molecule has 0 aliphatic rings. The van der Waals surface area contributed by atoms with Gasteiger partial charge in [0.1, 0.15) is 0 Å². The molecule has 0 unspecified atom stereocenters. The van der Waals surface area contributed by atoms with Crippen LogP contribution in [0.5, 0.6) is 0 Å². The van der Waals surface area contributed by atoms with Crippen LogP contribution in [-0.2, 0) is 11.2 Å². The number of para-hydroxylation sites is 1. The maximum atomic E-state index is 12.2. The lowest BCUT2D eigenvalue weighted by Gasteiger charge is -2.09. The summed E-state index contributed by atoms with van der Waals surface area (Å²) in [4.78, 5) is 24.2. The van der Waals surface area contributed by atoms with Crippen LogP contribution < -0.4 is 10.9 Å². The van der Waals surface area contributed by atoms with Gasteiger partial charge in [-0.3, -0.25) is 14.2 Å². The van der Waals surface area contributed by atoms with E-state index in [-0.39, 0.29) is 17.9 Å². The number of hydrogen-bond acceptors (Lipinski definition) is 2. The third-order valence-corrected chi connectivity index (χ3v) is 3.76. The van der Waals surface area contributed by atoms with Gasteiger partial charge in [0, 0.05) is 23.0 Å². The molecule has 2 aromatic carbocycles. The Labute approximate surface area is 144 Å². The van der Waals surface area contributed by atoms with Crippen molar-refractivity contribution in [1.82, 2.24) is 4.57 Å². The summed E-state index contributed by atoms with van der Waals surface area (Å²) < 4.78 is 1.50. The SMILES string of the molecule is O=C(Cc1ccc(Cl)cc1)Nc1ccc(=O)n(-c2ccccc2)c1. The molecule has 0 bridgehead atoms. The zero-order valence-electron chi connectivity index (χ0n) is 12.8. The quantitative estimate of drug-likeness (QED) is 0.789. The predicted octanol–water partition coefficient (Wildman–Crippen LogP) is 3.67. The van der Waals surface area contributed by atoms with Crippen molar-refractivity contribution in [1.29, 1.82) is 0 Å². The lowest BCUT2D eigenvalue weighted by atomic mass is 10.1. The van der Waals surface area contributed by atoms with Crippen LogP contribution >= 0.6 is 11.6 Å². The first-order chi connectivity index (χ1) is 11.6. The summed E-state index contributed by atoms with van der Waals surface area (Å²) in [6.45, 7) is 0. The van der Waals surface area contributed by atoms with Crippen molar-refractivity contribution >= 4 is 23.2 Å². The summed E-state index contributed by atoms with van der Waals surface area (Å²) in [6.07, 6.45) is 1.86. The first kappa shape index (κ1) is 16.0. The Kier molecular flexibility index (Phi) is 4.77. The van der Waals surface area contributed by atoms with Gasteiger partial charge in [0.15, 0.2) is 0 Å². The third-order valence-electron chi connectivity index (χ3n) is 3.51. The molecule has 3 rings (SSSR count). The van der Waals surface area contributed by atoms with E-state index in [1.54, 1.807) is 24.4 Å². The summed E-state index contributed by atoms with van der Waals surface area (Å²) in [5.41, 5.74) is 2.03. The fraction of sp³-hybridized carbons (Fsp3) is 0.0526. The summed E-state index contributed by atoms with van der Waals surface area (Å²) in [5.74, 6) is -0.157. The molecular formula is C19H15ClN2O2. The van der Waals surface area contributed by atoms with Crippen LogP contribution in [0.25, 0.3) is 5.69 Å². The molecule has 3 aromatic rings. The molecule has 120 valence electrons. The molecule has 4 nitrogen and oxygen atoms in total. The topological polar surface area (TPSA) is 51.1 Å². The molecular weight excluding hydrogens is 324 g/mol. The van der Waals surface area contributed by atoms with Gasteiger partial charge in [-0.05, 0) is 35.9 Å². The molecule has 1 aromatic heterocycles. The van der Waals surface area contributed by atoms with Crippen LogP contribution in [0.4, 0.5) is 5.69 Å². The van der Waals surface area contributed by atoms with Gasteiger partial charge in [0.25, 0.3) is 5.56 Å². The van der Waals surface area contributed by atoms with Crippen LogP contribution in [0.15, 0.2) is 77.7 Å². The number of amides is 1. The lowest BCUT2D eigenvalue weighted by molar-refractivity contribution is -0.115. The highest BCUT2D eigenvalue weighted by Crippen LogP contribution is 2.12. The molecule has 0 atom stereocenters. The summed E-state index contributed by atoms with van der Waals surface area (Å²) in [5, 5.41) is 3.44. The number of benzene rings is 2. The van der Waals surface area contributed by atoms with Crippen molar-refractivity contribution < 1.29 is 4.79 Å². The Morgan fingerprint density at radius 2 is 1.67 bits per heavy atom. The number of rotatable bonds is 4. The van der Waals surface area contributed by atoms with Crippen molar-refractivity contribution in [3.63, 3.8) is 0 Å². The molecule has 1 amide bonds. The molecule has 0 spiro atoms. The number of hydrogen-bond donors (Lipinski definition) is 1. The number of carbonyl (C=O) groups excluding carboxylic acids is 1. The molecule has 0 saturated carbocycles. The molecule has 24 heavy (non-hydrogen) atoms. The van der Waals surface area contributed by atoms with Gasteiger partial charge < -0.3 is 5.32 Å². The van der Waals surface area contributed by atoms with Crippen LogP contribution in [0.3, 0.4) is 0 Å². The van der Waals surface area contributed by atoms with Crippen molar-refractivity contribution in [3.05, 3.63) is 93.9 Å². The first-order valence-corrected chi connectivity index (χ1v) is 7.82. The minimum absolute atomic E-state index is 0.156. The second-order valence-corrected chi connectivity index (χ2v) is 5.75. The number of halogens is 1. The van der Waals surface area contributed by atoms with Gasteiger partial charge in [-0.25, -0.2) is 0 Å². The lowest BCUT2D eigenvalue weighted by Crippen LogP contribution is -2.20. The van der Waals surface area contributed by atoms with Crippen molar-refractivity contribution in [2.45, 2.75) is 6.42 Å². The smallest absolute Gasteiger partial charge is 0.255 e. The number of nitrogens with one attached hydrogen (secondary N) is 1. The first-order valence-electron chi connectivity index (χ1n) is 7.44. The number of nitrogens with zero attached hydrogens (tertiary/aromatic N) is 1. The van der Waals surface area contributed by atoms with Crippen LogP contribution in [0.2, 0.25) is 5.02 Å². The van der Waals surface area contributed by atoms with Gasteiger partial charge in [0.05, 0.1) is 12.1 Å². The van der Waals surface area contributed by atoms with E-state index >= 15 is 0 Å². The zero-order chi connectivity index (χ0) is 16.9. The molecule has 0 aliphatic carbocycles. The molecule has 5 heteroatoms. The molecule has 0 fully saturated rings. The highest BCUT2D eigenvalue weighted by Gasteiger charge is 2.06. The number of aromatic nitrogens is 1. The Hall–Kier alpha value is -2.85. The van der Waals surface area contributed by atoms with E-state index in [9.17, 15) is 9.59 Å². The molecule has 1 N–H and O–H groups in total. The predicted molar refractivity (Wildman–Crippen MR) is 95.8 cm³/mol. The Morgan fingerprint density at radius 1 is 0.958 bits per heavy atom. The van der Waals surface area contributed by atoms with E-state index in [1.165, 1.54) is 10.6 Å². The normalized spacial score (nSPS) is 10.4. The van der Waals surface area contributed by atoms with Crippen molar-refractivity contribution in [2.24, 2.45) is 0 Å². The van der Waals surface area contributed by atoms with E-state index < -0.39 is 0 Å². The number of pyridine rings is 1. The van der Waals surface area contributed by atoms with Crippen molar-refractivity contribution in [2.75, 3.05) is 5.32 Å². The number of carbonyl (C=O) groups is 1. The average molecular weight is 339 g/mol. The fourth-order valence-corrected chi connectivity index (χ4v) is 2.47. The summed E-state index contributed by atoms with van der Waals surface area (Å²) in [7, 11) is 0. The highest BCUT2D eigenvalue weighted by molar-refractivity contribution is 6.30. The van der Waals surface area contributed by atoms with Gasteiger partial charge in [-0.1, -0.05) is 41.9 Å². The average Bonchev–Trinajstić information content (AvgIpc) is 2.59. The Balaban J connectivity index is 1.77. The molecule has 0 aliphatic heterocycles. The molecule has 0 radical (unpaired) electrons. The van der Waals surface area contributed by atoms with Gasteiger partial charge in [-0.2, -0.15) is 0 Å². The monoisotopic (exact) mass is 338 g/mol. The minimum Gasteiger partial charge on any atom is -0.324 e. The van der Waals surface area contributed by atoms with Gasteiger partial charge in [0.2, 0.25) is 5.91 Å². The maximum absolute atomic E-state index is 12.2. The summed E-state index contributed by atoms with van der Waals surface area (Å²) >= 11 is 5.84. The summed E-state index contributed by atoms with van der Waals surface area (Å²) in [6, 6.07) is 19.4. The minimum atomic E-state index is -0.157. The fourth-order valence-electron chi connectivity index (χ4n) is 2.34. The van der Waals surface area contributed by atoms with E-state index in [1.807, 2.05) is 42.5 Å². The Morgan fingerprint density at radius 3 is 2.38 bits per heavy atom. The Bertz CT molecular complexity index is 903. The van der Waals surface area contributed by atoms with E-state index in [0.717, 1.165) is 11.3 Å². The van der Waals surface area contributed by atoms with Crippen molar-refractivity contribution in [3.8, 4) is 5.69 Å². The van der Waals surface area contributed by atoms with Crippen LogP contribution in [0, 0.1) is 0 Å². The van der Waals surface area contributed by atoms with E-state index in [4.69, 9.17) is 11.6 Å². The maximum Gasteiger partial charge on any atom is 0.255 e. The largest absolute Gasteiger partial charge is 0.324 e. The van der Waals surface area contributed by atoms with E-state index in [0.29, 0.717) is 10.7 Å². The molecule has 0 saturated heterocycles. The highest BCUT2D eigenvalue weighted by atomic mass is 35.5. The van der Waals surface area contributed by atoms with E-state index in [2.05, 4.69) is 5.32 Å². The van der Waals surface area contributed by atoms with Crippen LogP contribution in [0.1, 0.15) is 5.56 Å². The van der Waals surface area contributed by atoms with Crippen LogP contribution in [-0.4, -0.2) is 10.5 Å². The van der Waals surface area contributed by atoms with Gasteiger partial charge >= 0.3 is 0 Å². The van der Waals surface area contributed by atoms with Gasteiger partial charge in [-0.15, -0.1) is 0 Å². The standard InChI is InChI=1S/C19H15ClN2O2/c20-15-8-6-14(7-9-15)12-18(23)21-16-10-11-19(24)22(13-16)17-4-2-1-3-5-17/h1-11,13H,12H2,(H,21,23). The zero-order valence-corrected chi connectivity index (χ0v) is 13.5. The second-order valence-electron chi connectivity index (χ2n) is 5.31. The third kappa shape index (κ3) is 3.91. The second kappa shape index (κ2) is 7.15.